The molecule has 58 valence electrons. The highest BCUT2D eigenvalue weighted by atomic mass is 16.5. The lowest BCUT2D eigenvalue weighted by molar-refractivity contribution is 0.181. The summed E-state index contributed by atoms with van der Waals surface area (Å²) in [7, 11) is 0. The summed E-state index contributed by atoms with van der Waals surface area (Å²) >= 11 is 0. The van der Waals surface area contributed by atoms with E-state index in [9.17, 15) is 0 Å². The summed E-state index contributed by atoms with van der Waals surface area (Å²) in [6.07, 6.45) is 2.64. The molecule has 0 radical (unpaired) electrons. The van der Waals surface area contributed by atoms with Gasteiger partial charge >= 0.3 is 0 Å². The van der Waals surface area contributed by atoms with E-state index in [1.807, 2.05) is 0 Å². The molecular formula is C8H15NO. The number of rotatable bonds is 2. The zero-order chi connectivity index (χ0) is 6.97. The molecule has 2 nitrogen and oxygen atoms in total. The second kappa shape index (κ2) is 2.51. The molecule has 0 aromatic rings. The van der Waals surface area contributed by atoms with Gasteiger partial charge in [-0.3, -0.25) is 0 Å². The lowest BCUT2D eigenvalue weighted by Crippen LogP contribution is -2.08. The molecule has 0 aromatic heterocycles. The first-order chi connectivity index (χ1) is 4.92. The van der Waals surface area contributed by atoms with Crippen molar-refractivity contribution in [1.29, 1.82) is 0 Å². The van der Waals surface area contributed by atoms with E-state index in [1.54, 1.807) is 0 Å². The van der Waals surface area contributed by atoms with Gasteiger partial charge in [0.25, 0.3) is 0 Å². The van der Waals surface area contributed by atoms with Crippen molar-refractivity contribution < 1.29 is 4.74 Å². The number of nitrogens with two attached hydrogens (primary N) is 1. The Morgan fingerprint density at radius 3 is 2.90 bits per heavy atom. The lowest BCUT2D eigenvalue weighted by Gasteiger charge is -2.03. The van der Waals surface area contributed by atoms with E-state index in [0.717, 1.165) is 37.5 Å². The summed E-state index contributed by atoms with van der Waals surface area (Å²) in [5.41, 5.74) is 5.55. The monoisotopic (exact) mass is 141 g/mol. The first-order valence-corrected chi connectivity index (χ1v) is 4.19. The van der Waals surface area contributed by atoms with Crippen molar-refractivity contribution in [2.24, 2.45) is 23.5 Å². The Labute approximate surface area is 61.7 Å². The molecule has 3 atom stereocenters. The average molecular weight is 141 g/mol. The Morgan fingerprint density at radius 2 is 2.40 bits per heavy atom. The van der Waals surface area contributed by atoms with E-state index in [2.05, 4.69) is 0 Å². The van der Waals surface area contributed by atoms with Crippen LogP contribution in [0.15, 0.2) is 0 Å². The molecule has 2 N–H and O–H groups in total. The predicted octanol–water partition coefficient (Wildman–Crippen LogP) is 0.618. The van der Waals surface area contributed by atoms with E-state index in [-0.39, 0.29) is 0 Å². The van der Waals surface area contributed by atoms with Crippen LogP contribution in [0.1, 0.15) is 12.8 Å². The van der Waals surface area contributed by atoms with Crippen LogP contribution in [0, 0.1) is 17.8 Å². The van der Waals surface area contributed by atoms with Crippen LogP contribution < -0.4 is 5.73 Å². The maximum Gasteiger partial charge on any atom is 0.0497 e. The van der Waals surface area contributed by atoms with Crippen LogP contribution in [-0.2, 0) is 4.74 Å². The van der Waals surface area contributed by atoms with E-state index >= 15 is 0 Å². The van der Waals surface area contributed by atoms with Crippen molar-refractivity contribution >= 4 is 0 Å². The van der Waals surface area contributed by atoms with E-state index < -0.39 is 0 Å². The van der Waals surface area contributed by atoms with Crippen LogP contribution in [0.5, 0.6) is 0 Å². The second-order valence-electron chi connectivity index (χ2n) is 3.52. The van der Waals surface area contributed by atoms with Gasteiger partial charge < -0.3 is 10.5 Å². The predicted molar refractivity (Wildman–Crippen MR) is 39.6 cm³/mol. The topological polar surface area (TPSA) is 35.2 Å². The molecule has 1 unspecified atom stereocenters. The highest BCUT2D eigenvalue weighted by Crippen LogP contribution is 2.46. The molecule has 2 aliphatic rings. The molecule has 1 saturated carbocycles. The first kappa shape index (κ1) is 6.62. The lowest BCUT2D eigenvalue weighted by atomic mass is 10.0. The van der Waals surface area contributed by atoms with Gasteiger partial charge in [-0.25, -0.2) is 0 Å². The summed E-state index contributed by atoms with van der Waals surface area (Å²) in [6.45, 7) is 2.88. The second-order valence-corrected chi connectivity index (χ2v) is 3.52. The smallest absolute Gasteiger partial charge is 0.0497 e. The van der Waals surface area contributed by atoms with Crippen molar-refractivity contribution in [2.75, 3.05) is 19.8 Å². The molecule has 2 rings (SSSR count). The summed E-state index contributed by atoms with van der Waals surface area (Å²) in [5, 5.41) is 0. The van der Waals surface area contributed by atoms with Crippen LogP contribution in [0.4, 0.5) is 0 Å². The van der Waals surface area contributed by atoms with Gasteiger partial charge in [-0.15, -0.1) is 0 Å². The Balaban J connectivity index is 1.79. The van der Waals surface area contributed by atoms with Gasteiger partial charge in [0, 0.05) is 13.2 Å². The fourth-order valence-electron chi connectivity index (χ4n) is 2.01. The summed E-state index contributed by atoms with van der Waals surface area (Å²) in [4.78, 5) is 0. The van der Waals surface area contributed by atoms with Crippen LogP contribution in [0.2, 0.25) is 0 Å². The SMILES string of the molecule is NC[C@@H]1C[C@H]1C1CCOC1. The van der Waals surface area contributed by atoms with Crippen LogP contribution in [-0.4, -0.2) is 19.8 Å². The van der Waals surface area contributed by atoms with Gasteiger partial charge in [-0.05, 0) is 37.1 Å². The van der Waals surface area contributed by atoms with Crippen molar-refractivity contribution in [3.63, 3.8) is 0 Å². The fraction of sp³-hybridized carbons (Fsp3) is 1.00. The van der Waals surface area contributed by atoms with Crippen molar-refractivity contribution in [2.45, 2.75) is 12.8 Å². The molecule has 10 heavy (non-hydrogen) atoms. The van der Waals surface area contributed by atoms with Crippen LogP contribution in [0.25, 0.3) is 0 Å². The summed E-state index contributed by atoms with van der Waals surface area (Å²) in [6, 6.07) is 0. The number of hydrogen-bond donors (Lipinski definition) is 1. The first-order valence-electron chi connectivity index (χ1n) is 4.19. The molecule has 2 heteroatoms. The molecule has 0 bridgehead atoms. The maximum atomic E-state index is 5.55. The van der Waals surface area contributed by atoms with Crippen molar-refractivity contribution in [3.05, 3.63) is 0 Å². The normalized spacial score (nSPS) is 45.9. The molecule has 1 aliphatic carbocycles. The average Bonchev–Trinajstić information content (AvgIpc) is 2.56. The number of hydrogen-bond acceptors (Lipinski definition) is 2. The standard InChI is InChI=1S/C8H15NO/c9-4-7-3-8(7)6-1-2-10-5-6/h6-8H,1-5,9H2/t6?,7-,8-/m0/s1. The van der Waals surface area contributed by atoms with E-state index in [0.29, 0.717) is 0 Å². The molecule has 1 aliphatic heterocycles. The van der Waals surface area contributed by atoms with E-state index in [4.69, 9.17) is 10.5 Å². The third kappa shape index (κ3) is 1.06. The highest BCUT2D eigenvalue weighted by Gasteiger charge is 2.42. The van der Waals surface area contributed by atoms with Gasteiger partial charge in [0.1, 0.15) is 0 Å². The minimum Gasteiger partial charge on any atom is -0.381 e. The molecular weight excluding hydrogens is 126 g/mol. The van der Waals surface area contributed by atoms with Crippen LogP contribution in [0.3, 0.4) is 0 Å². The molecule has 0 aromatic carbocycles. The zero-order valence-electron chi connectivity index (χ0n) is 6.25. The Kier molecular flexibility index (Phi) is 1.66. The molecule has 1 heterocycles. The Hall–Kier alpha value is -0.0800. The number of ether oxygens (including phenoxy) is 1. The minimum atomic E-state index is 0.840. The largest absolute Gasteiger partial charge is 0.381 e. The summed E-state index contributed by atoms with van der Waals surface area (Å²) < 4.78 is 5.31. The molecule has 1 saturated heterocycles. The third-order valence-electron chi connectivity index (χ3n) is 2.85. The van der Waals surface area contributed by atoms with Crippen LogP contribution >= 0.6 is 0 Å². The Bertz CT molecular complexity index is 120. The maximum absolute atomic E-state index is 5.55. The van der Waals surface area contributed by atoms with Crippen molar-refractivity contribution in [3.8, 4) is 0 Å². The van der Waals surface area contributed by atoms with Gasteiger partial charge in [-0.1, -0.05) is 0 Å². The summed E-state index contributed by atoms with van der Waals surface area (Å²) in [5.74, 6) is 2.62. The molecule has 2 fully saturated rings. The van der Waals surface area contributed by atoms with Gasteiger partial charge in [0.15, 0.2) is 0 Å². The highest BCUT2D eigenvalue weighted by molar-refractivity contribution is 4.92. The van der Waals surface area contributed by atoms with Gasteiger partial charge in [0.2, 0.25) is 0 Å². The molecule has 0 spiro atoms. The minimum absolute atomic E-state index is 0.840. The van der Waals surface area contributed by atoms with Crippen molar-refractivity contribution in [1.82, 2.24) is 0 Å². The molecule has 0 amide bonds. The Morgan fingerprint density at radius 1 is 1.50 bits per heavy atom. The third-order valence-corrected chi connectivity index (χ3v) is 2.85. The quantitative estimate of drug-likeness (QED) is 0.611. The zero-order valence-corrected chi connectivity index (χ0v) is 6.25. The van der Waals surface area contributed by atoms with Gasteiger partial charge in [0.05, 0.1) is 0 Å². The van der Waals surface area contributed by atoms with E-state index in [1.165, 1.54) is 12.8 Å². The fourth-order valence-corrected chi connectivity index (χ4v) is 2.01. The van der Waals surface area contributed by atoms with Gasteiger partial charge in [-0.2, -0.15) is 0 Å².